The molecule has 44 heavy (non-hydrogen) atoms. The van der Waals surface area contributed by atoms with E-state index >= 15 is 0 Å². The molecular weight excluding hydrogens is 550 g/mol. The smallest absolute Gasteiger partial charge is 0.408 e. The third kappa shape index (κ3) is 8.49. The van der Waals surface area contributed by atoms with Crippen LogP contribution >= 0.6 is 0 Å². The number of carbonyl (C=O) groups is 3. The Kier molecular flexibility index (Phi) is 11.0. The molecule has 7 heteroatoms. The maximum atomic E-state index is 14.9. The van der Waals surface area contributed by atoms with Gasteiger partial charge in [-0.15, -0.1) is 0 Å². The maximum absolute atomic E-state index is 14.9. The number of alkyl carbamates (subject to hydrolysis) is 1. The molecular formula is C37H49N3O4. The van der Waals surface area contributed by atoms with Gasteiger partial charge in [-0.1, -0.05) is 73.7 Å². The molecule has 0 radical (unpaired) electrons. The van der Waals surface area contributed by atoms with E-state index in [0.717, 1.165) is 39.1 Å². The number of hydrogen-bond acceptors (Lipinski definition) is 4. The van der Waals surface area contributed by atoms with E-state index in [4.69, 9.17) is 4.74 Å². The van der Waals surface area contributed by atoms with Crippen molar-refractivity contribution in [1.29, 1.82) is 0 Å². The number of para-hydroxylation sites is 1. The number of carbonyl (C=O) groups excluding carboxylic acids is 3. The molecule has 0 aliphatic heterocycles. The van der Waals surface area contributed by atoms with Crippen molar-refractivity contribution < 1.29 is 19.1 Å². The topological polar surface area (TPSA) is 87.7 Å². The number of hydrogen-bond donors (Lipinski definition) is 2. The standard InChI is InChI=1S/C37H49N3O4/c1-11-37(9,10)40(34(42)30(23-28-20-13-12-14-21-28)38-35(43)44-36(6,7)8)32(29-22-16-17-24(2)27(29)5)33(41)39-31-25(3)18-15-19-26(31)4/h12-22,30,32H,11,23H2,1-10H3,(H,38,43)(H,39,41). The fraction of sp³-hybridized carbons (Fsp3) is 0.432. The van der Waals surface area contributed by atoms with Gasteiger partial charge in [0.05, 0.1) is 0 Å². The van der Waals surface area contributed by atoms with Crippen molar-refractivity contribution >= 4 is 23.6 Å². The van der Waals surface area contributed by atoms with Crippen LogP contribution in [0.5, 0.6) is 0 Å². The number of anilines is 1. The number of ether oxygens (including phenoxy) is 1. The first-order valence-corrected chi connectivity index (χ1v) is 15.4. The fourth-order valence-electron chi connectivity index (χ4n) is 5.28. The van der Waals surface area contributed by atoms with Crippen LogP contribution in [0.4, 0.5) is 10.5 Å². The van der Waals surface area contributed by atoms with Crippen LogP contribution in [0, 0.1) is 27.7 Å². The van der Waals surface area contributed by atoms with E-state index in [2.05, 4.69) is 10.6 Å². The Labute approximate surface area is 263 Å². The van der Waals surface area contributed by atoms with Gasteiger partial charge in [0, 0.05) is 17.6 Å². The molecule has 0 saturated heterocycles. The largest absolute Gasteiger partial charge is 0.444 e. The predicted octanol–water partition coefficient (Wildman–Crippen LogP) is 7.75. The van der Waals surface area contributed by atoms with Gasteiger partial charge in [-0.05, 0) is 102 Å². The lowest BCUT2D eigenvalue weighted by Crippen LogP contribution is -2.59. The van der Waals surface area contributed by atoms with Gasteiger partial charge in [-0.2, -0.15) is 0 Å². The SMILES string of the molecule is CCC(C)(C)N(C(=O)C(Cc1ccccc1)NC(=O)OC(C)(C)C)C(C(=O)Nc1c(C)cccc1C)c1cccc(C)c1C. The number of rotatable bonds is 10. The average Bonchev–Trinajstić information content (AvgIpc) is 2.94. The molecule has 3 aromatic rings. The van der Waals surface area contributed by atoms with Crippen molar-refractivity contribution in [2.45, 2.75) is 105 Å². The molecule has 0 heterocycles. The highest BCUT2D eigenvalue weighted by Crippen LogP contribution is 2.36. The van der Waals surface area contributed by atoms with Gasteiger partial charge in [0.25, 0.3) is 5.91 Å². The fourth-order valence-corrected chi connectivity index (χ4v) is 5.28. The summed E-state index contributed by atoms with van der Waals surface area (Å²) in [4.78, 5) is 44.3. The summed E-state index contributed by atoms with van der Waals surface area (Å²) in [5, 5.41) is 6.02. The second kappa shape index (κ2) is 14.1. The van der Waals surface area contributed by atoms with Crippen molar-refractivity contribution in [2.24, 2.45) is 0 Å². The van der Waals surface area contributed by atoms with Gasteiger partial charge in [0.2, 0.25) is 5.91 Å². The van der Waals surface area contributed by atoms with Crippen LogP contribution in [0.15, 0.2) is 66.7 Å². The third-order valence-electron chi connectivity index (χ3n) is 8.20. The van der Waals surface area contributed by atoms with Crippen molar-refractivity contribution in [3.8, 4) is 0 Å². The summed E-state index contributed by atoms with van der Waals surface area (Å²) in [6.45, 7) is 19.1. The number of aryl methyl sites for hydroxylation is 3. The van der Waals surface area contributed by atoms with E-state index in [1.807, 2.05) is 115 Å². The molecule has 0 fully saturated rings. The maximum Gasteiger partial charge on any atom is 0.408 e. The molecule has 0 aliphatic rings. The van der Waals surface area contributed by atoms with Crippen LogP contribution in [0.2, 0.25) is 0 Å². The minimum atomic E-state index is -0.987. The summed E-state index contributed by atoms with van der Waals surface area (Å²) in [7, 11) is 0. The van der Waals surface area contributed by atoms with Gasteiger partial charge in [-0.3, -0.25) is 9.59 Å². The van der Waals surface area contributed by atoms with Crippen LogP contribution in [-0.2, 0) is 20.7 Å². The second-order valence-electron chi connectivity index (χ2n) is 13.2. The lowest BCUT2D eigenvalue weighted by atomic mass is 9.88. The predicted molar refractivity (Wildman–Crippen MR) is 178 cm³/mol. The van der Waals surface area contributed by atoms with Gasteiger partial charge < -0.3 is 20.3 Å². The molecule has 236 valence electrons. The molecule has 0 saturated carbocycles. The normalized spacial score (nSPS) is 13.0. The van der Waals surface area contributed by atoms with Gasteiger partial charge in [-0.25, -0.2) is 4.79 Å². The van der Waals surface area contributed by atoms with Crippen LogP contribution in [0.25, 0.3) is 0 Å². The van der Waals surface area contributed by atoms with Gasteiger partial charge in [0.15, 0.2) is 0 Å². The molecule has 2 unspecified atom stereocenters. The highest BCUT2D eigenvalue weighted by Gasteiger charge is 2.44. The minimum absolute atomic E-state index is 0.229. The van der Waals surface area contributed by atoms with Crippen LogP contribution in [0.1, 0.15) is 87.4 Å². The summed E-state index contributed by atoms with van der Waals surface area (Å²) in [5.41, 5.74) is 4.62. The van der Waals surface area contributed by atoms with E-state index in [1.165, 1.54) is 0 Å². The highest BCUT2D eigenvalue weighted by molar-refractivity contribution is 6.00. The first-order chi connectivity index (χ1) is 20.6. The Morgan fingerprint density at radius 3 is 1.93 bits per heavy atom. The van der Waals surface area contributed by atoms with E-state index in [9.17, 15) is 14.4 Å². The monoisotopic (exact) mass is 599 g/mol. The Balaban J connectivity index is 2.21. The van der Waals surface area contributed by atoms with Crippen LogP contribution in [-0.4, -0.2) is 40.0 Å². The first-order valence-electron chi connectivity index (χ1n) is 15.4. The van der Waals surface area contributed by atoms with Crippen LogP contribution in [0.3, 0.4) is 0 Å². The van der Waals surface area contributed by atoms with Gasteiger partial charge >= 0.3 is 6.09 Å². The van der Waals surface area contributed by atoms with Crippen molar-refractivity contribution in [3.63, 3.8) is 0 Å². The Morgan fingerprint density at radius 1 is 0.795 bits per heavy atom. The van der Waals surface area contributed by atoms with E-state index in [1.54, 1.807) is 25.7 Å². The summed E-state index contributed by atoms with van der Waals surface area (Å²) in [5.74, 6) is -0.684. The zero-order chi connectivity index (χ0) is 32.8. The molecule has 7 nitrogen and oxygen atoms in total. The molecule has 2 atom stereocenters. The summed E-state index contributed by atoms with van der Waals surface area (Å²) in [6.07, 6.45) is 0.110. The Bertz CT molecular complexity index is 1450. The average molecular weight is 600 g/mol. The molecule has 3 amide bonds. The van der Waals surface area contributed by atoms with Crippen LogP contribution < -0.4 is 10.6 Å². The molecule has 0 spiro atoms. The molecule has 0 aliphatic carbocycles. The van der Waals surface area contributed by atoms with E-state index in [-0.39, 0.29) is 18.2 Å². The molecule has 3 rings (SSSR count). The lowest BCUT2D eigenvalue weighted by molar-refractivity contribution is -0.147. The molecule has 2 N–H and O–H groups in total. The number of nitrogens with one attached hydrogen (secondary N) is 2. The van der Waals surface area contributed by atoms with Gasteiger partial charge in [0.1, 0.15) is 17.7 Å². The molecule has 3 aromatic carbocycles. The summed E-state index contributed by atoms with van der Waals surface area (Å²) >= 11 is 0. The van der Waals surface area contributed by atoms with Crippen molar-refractivity contribution in [3.05, 3.63) is 100 Å². The molecule has 0 aromatic heterocycles. The highest BCUT2D eigenvalue weighted by atomic mass is 16.6. The van der Waals surface area contributed by atoms with E-state index < -0.39 is 29.3 Å². The first kappa shape index (κ1) is 34.4. The zero-order valence-corrected chi connectivity index (χ0v) is 28.0. The Hall–Kier alpha value is -4.13. The number of nitrogens with zero attached hydrogens (tertiary/aromatic N) is 1. The van der Waals surface area contributed by atoms with E-state index in [0.29, 0.717) is 6.42 Å². The van der Waals surface area contributed by atoms with Crippen molar-refractivity contribution in [2.75, 3.05) is 5.32 Å². The Morgan fingerprint density at radius 2 is 1.36 bits per heavy atom. The lowest BCUT2D eigenvalue weighted by Gasteiger charge is -2.45. The summed E-state index contributed by atoms with van der Waals surface area (Å²) < 4.78 is 5.58. The third-order valence-corrected chi connectivity index (χ3v) is 8.20. The minimum Gasteiger partial charge on any atom is -0.444 e. The number of benzene rings is 3. The van der Waals surface area contributed by atoms with Crippen molar-refractivity contribution in [1.82, 2.24) is 10.2 Å². The quantitative estimate of drug-likeness (QED) is 0.249. The molecule has 0 bridgehead atoms. The zero-order valence-electron chi connectivity index (χ0n) is 28.0. The number of amides is 3. The summed E-state index contributed by atoms with van der Waals surface area (Å²) in [6, 6.07) is 19.3. The second-order valence-corrected chi connectivity index (χ2v) is 13.2.